The summed E-state index contributed by atoms with van der Waals surface area (Å²) in [6.07, 6.45) is 5.40. The lowest BCUT2D eigenvalue weighted by atomic mass is 10.0. The van der Waals surface area contributed by atoms with E-state index in [0.29, 0.717) is 12.1 Å². The number of unbranched alkanes of at least 4 members (excludes halogenated alkanes) is 3. The van der Waals surface area contributed by atoms with Gasteiger partial charge in [-0.25, -0.2) is 0 Å². The average molecular weight is 242 g/mol. The SMILES string of the molecule is CC(C)NCCCCCCN(C)C(C)C(C)C. The van der Waals surface area contributed by atoms with Crippen molar-refractivity contribution >= 4 is 0 Å². The molecule has 0 aliphatic carbocycles. The summed E-state index contributed by atoms with van der Waals surface area (Å²) < 4.78 is 0. The molecule has 0 heterocycles. The van der Waals surface area contributed by atoms with Gasteiger partial charge in [-0.15, -0.1) is 0 Å². The molecule has 0 fully saturated rings. The van der Waals surface area contributed by atoms with E-state index in [2.05, 4.69) is 51.9 Å². The minimum Gasteiger partial charge on any atom is -0.315 e. The second-order valence-corrected chi connectivity index (χ2v) is 5.99. The summed E-state index contributed by atoms with van der Waals surface area (Å²) in [6.45, 7) is 13.8. The largest absolute Gasteiger partial charge is 0.315 e. The van der Waals surface area contributed by atoms with Gasteiger partial charge in [0.1, 0.15) is 0 Å². The molecule has 1 atom stereocenters. The minimum atomic E-state index is 0.632. The first-order valence-electron chi connectivity index (χ1n) is 7.38. The first-order valence-corrected chi connectivity index (χ1v) is 7.38. The van der Waals surface area contributed by atoms with Crippen molar-refractivity contribution in [3.8, 4) is 0 Å². The van der Waals surface area contributed by atoms with Crippen molar-refractivity contribution in [1.29, 1.82) is 0 Å². The zero-order chi connectivity index (χ0) is 13.3. The van der Waals surface area contributed by atoms with Gasteiger partial charge in [0, 0.05) is 12.1 Å². The smallest absolute Gasteiger partial charge is 0.00868 e. The minimum absolute atomic E-state index is 0.632. The van der Waals surface area contributed by atoms with Crippen LogP contribution >= 0.6 is 0 Å². The topological polar surface area (TPSA) is 15.3 Å². The van der Waals surface area contributed by atoms with Crippen LogP contribution < -0.4 is 5.32 Å². The molecule has 1 N–H and O–H groups in total. The Morgan fingerprint density at radius 3 is 2.00 bits per heavy atom. The second kappa shape index (κ2) is 9.90. The lowest BCUT2D eigenvalue weighted by molar-refractivity contribution is 0.204. The van der Waals surface area contributed by atoms with Gasteiger partial charge in [0.05, 0.1) is 0 Å². The van der Waals surface area contributed by atoms with E-state index in [4.69, 9.17) is 0 Å². The van der Waals surface area contributed by atoms with Gasteiger partial charge >= 0.3 is 0 Å². The van der Waals surface area contributed by atoms with Crippen LogP contribution in [0.5, 0.6) is 0 Å². The normalized spacial score (nSPS) is 13.9. The Labute approximate surface area is 109 Å². The van der Waals surface area contributed by atoms with Crippen LogP contribution in [0.4, 0.5) is 0 Å². The Hall–Kier alpha value is -0.0800. The zero-order valence-electron chi connectivity index (χ0n) is 12.9. The molecule has 0 amide bonds. The summed E-state index contributed by atoms with van der Waals surface area (Å²) in [5.41, 5.74) is 0. The van der Waals surface area contributed by atoms with Gasteiger partial charge in [0.25, 0.3) is 0 Å². The molecule has 0 saturated heterocycles. The van der Waals surface area contributed by atoms with Gasteiger partial charge in [-0.05, 0) is 45.8 Å². The summed E-state index contributed by atoms with van der Waals surface area (Å²) in [5, 5.41) is 3.47. The maximum atomic E-state index is 3.47. The third kappa shape index (κ3) is 9.61. The molecule has 0 bridgehead atoms. The third-order valence-electron chi connectivity index (χ3n) is 3.65. The zero-order valence-corrected chi connectivity index (χ0v) is 12.9. The van der Waals surface area contributed by atoms with Crippen molar-refractivity contribution in [2.45, 2.75) is 72.4 Å². The summed E-state index contributed by atoms with van der Waals surface area (Å²) in [6, 6.07) is 1.34. The molecule has 2 nitrogen and oxygen atoms in total. The van der Waals surface area contributed by atoms with Gasteiger partial charge in [0.2, 0.25) is 0 Å². The highest BCUT2D eigenvalue weighted by atomic mass is 15.1. The third-order valence-corrected chi connectivity index (χ3v) is 3.65. The van der Waals surface area contributed by atoms with E-state index in [1.807, 2.05) is 0 Å². The van der Waals surface area contributed by atoms with Crippen molar-refractivity contribution in [3.05, 3.63) is 0 Å². The van der Waals surface area contributed by atoms with Crippen molar-refractivity contribution in [2.24, 2.45) is 5.92 Å². The average Bonchev–Trinajstić information content (AvgIpc) is 2.25. The predicted molar refractivity (Wildman–Crippen MR) is 78.5 cm³/mol. The molecule has 0 aliphatic heterocycles. The number of hydrogen-bond donors (Lipinski definition) is 1. The van der Waals surface area contributed by atoms with E-state index in [9.17, 15) is 0 Å². The Bertz CT molecular complexity index is 166. The van der Waals surface area contributed by atoms with Gasteiger partial charge < -0.3 is 10.2 Å². The van der Waals surface area contributed by atoms with Gasteiger partial charge in [-0.1, -0.05) is 40.5 Å². The Kier molecular flexibility index (Phi) is 9.85. The molecule has 0 rings (SSSR count). The molecule has 0 aromatic heterocycles. The van der Waals surface area contributed by atoms with Crippen molar-refractivity contribution in [2.75, 3.05) is 20.1 Å². The van der Waals surface area contributed by atoms with E-state index in [-0.39, 0.29) is 0 Å². The molecule has 0 aromatic carbocycles. The second-order valence-electron chi connectivity index (χ2n) is 5.99. The highest BCUT2D eigenvalue weighted by Crippen LogP contribution is 2.09. The maximum absolute atomic E-state index is 3.47. The van der Waals surface area contributed by atoms with Crippen molar-refractivity contribution in [3.63, 3.8) is 0 Å². The first kappa shape index (κ1) is 16.9. The summed E-state index contributed by atoms with van der Waals surface area (Å²) >= 11 is 0. The molecule has 0 radical (unpaired) electrons. The Morgan fingerprint density at radius 2 is 1.47 bits per heavy atom. The van der Waals surface area contributed by atoms with Crippen LogP contribution in [-0.2, 0) is 0 Å². The van der Waals surface area contributed by atoms with E-state index in [0.717, 1.165) is 5.92 Å². The molecule has 0 aromatic rings. The van der Waals surface area contributed by atoms with Crippen LogP contribution in [-0.4, -0.2) is 37.1 Å². The number of rotatable bonds is 10. The van der Waals surface area contributed by atoms with E-state index >= 15 is 0 Å². The number of nitrogens with one attached hydrogen (secondary N) is 1. The maximum Gasteiger partial charge on any atom is 0.00868 e. The molecule has 0 saturated carbocycles. The number of hydrogen-bond acceptors (Lipinski definition) is 2. The number of nitrogens with zero attached hydrogens (tertiary/aromatic N) is 1. The van der Waals surface area contributed by atoms with Gasteiger partial charge in [-0.2, -0.15) is 0 Å². The predicted octanol–water partition coefficient (Wildman–Crippen LogP) is 3.52. The van der Waals surface area contributed by atoms with E-state index in [1.165, 1.54) is 38.8 Å². The lowest BCUT2D eigenvalue weighted by Crippen LogP contribution is -2.33. The Balaban J connectivity index is 3.33. The fraction of sp³-hybridized carbons (Fsp3) is 1.00. The molecule has 17 heavy (non-hydrogen) atoms. The molecule has 104 valence electrons. The molecule has 1 unspecified atom stereocenters. The molecular weight excluding hydrogens is 208 g/mol. The van der Waals surface area contributed by atoms with Gasteiger partial charge in [0.15, 0.2) is 0 Å². The molecule has 0 spiro atoms. The first-order chi connectivity index (χ1) is 7.95. The summed E-state index contributed by atoms with van der Waals surface area (Å²) in [5.74, 6) is 0.759. The van der Waals surface area contributed by atoms with E-state index in [1.54, 1.807) is 0 Å². The monoisotopic (exact) mass is 242 g/mol. The lowest BCUT2D eigenvalue weighted by Gasteiger charge is -2.27. The standard InChI is InChI=1S/C15H34N2/c1-13(2)15(5)17(6)12-10-8-7-9-11-16-14(3)4/h13-16H,7-12H2,1-6H3. The molecule has 2 heteroatoms. The highest BCUT2D eigenvalue weighted by molar-refractivity contribution is 4.66. The Morgan fingerprint density at radius 1 is 0.882 bits per heavy atom. The van der Waals surface area contributed by atoms with Gasteiger partial charge in [-0.3, -0.25) is 0 Å². The fourth-order valence-corrected chi connectivity index (χ4v) is 1.94. The van der Waals surface area contributed by atoms with Crippen LogP contribution in [0.2, 0.25) is 0 Å². The van der Waals surface area contributed by atoms with Crippen molar-refractivity contribution < 1.29 is 0 Å². The van der Waals surface area contributed by atoms with Crippen LogP contribution in [0.3, 0.4) is 0 Å². The highest BCUT2D eigenvalue weighted by Gasteiger charge is 2.11. The summed E-state index contributed by atoms with van der Waals surface area (Å²) in [4.78, 5) is 2.50. The van der Waals surface area contributed by atoms with Crippen LogP contribution in [0.15, 0.2) is 0 Å². The molecule has 0 aliphatic rings. The van der Waals surface area contributed by atoms with E-state index < -0.39 is 0 Å². The van der Waals surface area contributed by atoms with Crippen LogP contribution in [0.1, 0.15) is 60.3 Å². The quantitative estimate of drug-likeness (QED) is 0.590. The molecular formula is C15H34N2. The fourth-order valence-electron chi connectivity index (χ4n) is 1.94. The van der Waals surface area contributed by atoms with Crippen molar-refractivity contribution in [1.82, 2.24) is 10.2 Å². The van der Waals surface area contributed by atoms with Crippen LogP contribution in [0.25, 0.3) is 0 Å². The van der Waals surface area contributed by atoms with Crippen LogP contribution in [0, 0.1) is 5.92 Å². The summed E-state index contributed by atoms with van der Waals surface area (Å²) in [7, 11) is 2.25.